The fourth-order valence-electron chi connectivity index (χ4n) is 1.61. The first-order valence-corrected chi connectivity index (χ1v) is 6.39. The molecule has 0 saturated carbocycles. The van der Waals surface area contributed by atoms with E-state index in [-0.39, 0.29) is 11.4 Å². The van der Waals surface area contributed by atoms with Crippen LogP contribution in [0.3, 0.4) is 0 Å². The third-order valence-electron chi connectivity index (χ3n) is 2.51. The molecule has 21 heavy (non-hydrogen) atoms. The summed E-state index contributed by atoms with van der Waals surface area (Å²) in [5.74, 6) is -2.99. The van der Waals surface area contributed by atoms with Crippen LogP contribution >= 0.6 is 0 Å². The quantitative estimate of drug-likeness (QED) is 0.893. The minimum Gasteiger partial charge on any atom is -0.478 e. The van der Waals surface area contributed by atoms with Crippen molar-refractivity contribution in [3.05, 3.63) is 53.4 Å². The van der Waals surface area contributed by atoms with E-state index in [1.54, 1.807) is 13.0 Å². The summed E-state index contributed by atoms with van der Waals surface area (Å²) in [7, 11) is 0. The van der Waals surface area contributed by atoms with Crippen LogP contribution in [0, 0.1) is 18.6 Å². The molecule has 112 valence electrons. The zero-order valence-electron chi connectivity index (χ0n) is 11.9. The number of rotatable bonds is 3. The van der Waals surface area contributed by atoms with Crippen molar-refractivity contribution < 1.29 is 18.7 Å². The summed E-state index contributed by atoms with van der Waals surface area (Å²) in [4.78, 5) is 14.5. The Labute approximate surface area is 121 Å². The summed E-state index contributed by atoms with van der Waals surface area (Å²) in [6.45, 7) is 5.72. The van der Waals surface area contributed by atoms with Gasteiger partial charge in [0.15, 0.2) is 5.82 Å². The second-order valence-electron chi connectivity index (χ2n) is 3.96. The second-order valence-corrected chi connectivity index (χ2v) is 3.96. The van der Waals surface area contributed by atoms with E-state index in [4.69, 9.17) is 5.11 Å². The Balaban J connectivity index is 0.00000106. The largest absolute Gasteiger partial charge is 0.478 e. The SMILES string of the molecule is CC.Cc1ccc(Nc2cncc(F)c2C(=O)O)c(F)c1. The van der Waals surface area contributed by atoms with Crippen LogP contribution in [0.4, 0.5) is 20.2 Å². The lowest BCUT2D eigenvalue weighted by Gasteiger charge is -2.10. The Kier molecular flexibility index (Phi) is 5.78. The number of benzene rings is 1. The number of pyridine rings is 1. The number of carboxylic acids is 1. The Morgan fingerprint density at radius 3 is 2.38 bits per heavy atom. The number of carbonyl (C=O) groups is 1. The van der Waals surface area contributed by atoms with E-state index in [9.17, 15) is 13.6 Å². The van der Waals surface area contributed by atoms with Gasteiger partial charge in [-0.2, -0.15) is 0 Å². The summed E-state index contributed by atoms with van der Waals surface area (Å²) in [6, 6.07) is 4.38. The number of hydrogen-bond donors (Lipinski definition) is 2. The summed E-state index contributed by atoms with van der Waals surface area (Å²) in [6.07, 6.45) is 1.92. The average molecular weight is 294 g/mol. The normalized spacial score (nSPS) is 9.57. The number of nitrogens with one attached hydrogen (secondary N) is 1. The van der Waals surface area contributed by atoms with Gasteiger partial charge in [-0.15, -0.1) is 0 Å². The molecule has 0 spiro atoms. The van der Waals surface area contributed by atoms with Gasteiger partial charge >= 0.3 is 5.97 Å². The van der Waals surface area contributed by atoms with E-state index in [1.165, 1.54) is 12.1 Å². The number of aromatic carboxylic acids is 1. The number of anilines is 2. The third kappa shape index (κ3) is 3.98. The van der Waals surface area contributed by atoms with Gasteiger partial charge in [0.1, 0.15) is 11.4 Å². The Hall–Kier alpha value is -2.50. The Bertz CT molecular complexity index is 646. The van der Waals surface area contributed by atoms with E-state index in [1.807, 2.05) is 13.8 Å². The van der Waals surface area contributed by atoms with Crippen molar-refractivity contribution in [2.45, 2.75) is 20.8 Å². The molecule has 1 aromatic carbocycles. The van der Waals surface area contributed by atoms with E-state index >= 15 is 0 Å². The van der Waals surface area contributed by atoms with Gasteiger partial charge in [-0.3, -0.25) is 4.98 Å². The van der Waals surface area contributed by atoms with Crippen molar-refractivity contribution in [2.24, 2.45) is 0 Å². The van der Waals surface area contributed by atoms with E-state index in [0.717, 1.165) is 18.0 Å². The molecule has 2 rings (SSSR count). The molecule has 0 aliphatic carbocycles. The van der Waals surface area contributed by atoms with Crippen LogP contribution in [0.5, 0.6) is 0 Å². The molecule has 4 nitrogen and oxygen atoms in total. The fourth-order valence-corrected chi connectivity index (χ4v) is 1.61. The standard InChI is InChI=1S/C13H10F2N2O2.C2H6/c1-7-2-3-10(8(14)4-7)17-11-6-16-5-9(15)12(11)13(18)19;1-2/h2-6,17H,1H3,(H,18,19);1-2H3. The predicted octanol–water partition coefficient (Wildman–Crippen LogP) is 4.14. The molecule has 0 amide bonds. The van der Waals surface area contributed by atoms with Gasteiger partial charge in [0.25, 0.3) is 0 Å². The van der Waals surface area contributed by atoms with Crippen molar-refractivity contribution in [2.75, 3.05) is 5.32 Å². The maximum atomic E-state index is 13.6. The zero-order chi connectivity index (χ0) is 16.0. The van der Waals surface area contributed by atoms with Crippen LogP contribution < -0.4 is 5.32 Å². The Morgan fingerprint density at radius 1 is 1.14 bits per heavy atom. The number of aryl methyl sites for hydroxylation is 1. The molecule has 6 heteroatoms. The fraction of sp³-hybridized carbons (Fsp3) is 0.200. The Morgan fingerprint density at radius 2 is 1.81 bits per heavy atom. The maximum Gasteiger partial charge on any atom is 0.340 e. The lowest BCUT2D eigenvalue weighted by atomic mass is 10.2. The number of aromatic nitrogens is 1. The third-order valence-corrected chi connectivity index (χ3v) is 2.51. The lowest BCUT2D eigenvalue weighted by Crippen LogP contribution is -2.07. The van der Waals surface area contributed by atoms with Crippen molar-refractivity contribution in [1.82, 2.24) is 4.98 Å². The van der Waals surface area contributed by atoms with Gasteiger partial charge in [-0.1, -0.05) is 19.9 Å². The molecular weight excluding hydrogens is 278 g/mol. The highest BCUT2D eigenvalue weighted by Gasteiger charge is 2.17. The van der Waals surface area contributed by atoms with Gasteiger partial charge in [0.05, 0.1) is 23.8 Å². The molecular formula is C15H16F2N2O2. The first-order chi connectivity index (χ1) is 9.99. The minimum absolute atomic E-state index is 0.0560. The summed E-state index contributed by atoms with van der Waals surface area (Å²) >= 11 is 0. The minimum atomic E-state index is -1.45. The van der Waals surface area contributed by atoms with E-state index < -0.39 is 23.2 Å². The van der Waals surface area contributed by atoms with Crippen LogP contribution in [0.15, 0.2) is 30.6 Å². The summed E-state index contributed by atoms with van der Waals surface area (Å²) in [5.41, 5.74) is 0.101. The average Bonchev–Trinajstić information content (AvgIpc) is 2.44. The summed E-state index contributed by atoms with van der Waals surface area (Å²) in [5, 5.41) is 11.5. The van der Waals surface area contributed by atoms with Gasteiger partial charge < -0.3 is 10.4 Å². The van der Waals surface area contributed by atoms with Gasteiger partial charge in [-0.25, -0.2) is 13.6 Å². The molecule has 0 saturated heterocycles. The van der Waals surface area contributed by atoms with Gasteiger partial charge in [0, 0.05) is 0 Å². The van der Waals surface area contributed by atoms with Crippen molar-refractivity contribution in [3.63, 3.8) is 0 Å². The van der Waals surface area contributed by atoms with Crippen LogP contribution in [-0.4, -0.2) is 16.1 Å². The molecule has 0 aliphatic heterocycles. The molecule has 0 fully saturated rings. The molecule has 1 aromatic heterocycles. The first kappa shape index (κ1) is 16.6. The van der Waals surface area contributed by atoms with Crippen LogP contribution in [0.25, 0.3) is 0 Å². The molecule has 0 unspecified atom stereocenters. The molecule has 2 aromatic rings. The zero-order valence-corrected chi connectivity index (χ0v) is 11.9. The smallest absolute Gasteiger partial charge is 0.340 e. The number of hydrogen-bond acceptors (Lipinski definition) is 3. The molecule has 0 radical (unpaired) electrons. The van der Waals surface area contributed by atoms with Crippen LogP contribution in [0.1, 0.15) is 29.8 Å². The molecule has 1 heterocycles. The van der Waals surface area contributed by atoms with E-state index in [2.05, 4.69) is 10.3 Å². The summed E-state index contributed by atoms with van der Waals surface area (Å²) < 4.78 is 27.0. The molecule has 0 atom stereocenters. The molecule has 0 aliphatic rings. The lowest BCUT2D eigenvalue weighted by molar-refractivity contribution is 0.0693. The highest BCUT2D eigenvalue weighted by Crippen LogP contribution is 2.24. The van der Waals surface area contributed by atoms with Crippen molar-refractivity contribution in [1.29, 1.82) is 0 Å². The van der Waals surface area contributed by atoms with E-state index in [0.29, 0.717) is 0 Å². The highest BCUT2D eigenvalue weighted by atomic mass is 19.1. The highest BCUT2D eigenvalue weighted by molar-refractivity contribution is 5.95. The number of halogens is 2. The maximum absolute atomic E-state index is 13.6. The van der Waals surface area contributed by atoms with Crippen molar-refractivity contribution in [3.8, 4) is 0 Å². The van der Waals surface area contributed by atoms with Gasteiger partial charge in [-0.05, 0) is 24.6 Å². The first-order valence-electron chi connectivity index (χ1n) is 6.39. The second kappa shape index (κ2) is 7.33. The monoisotopic (exact) mass is 294 g/mol. The predicted molar refractivity (Wildman–Crippen MR) is 76.9 cm³/mol. The van der Waals surface area contributed by atoms with Gasteiger partial charge in [0.2, 0.25) is 0 Å². The van der Waals surface area contributed by atoms with Crippen LogP contribution in [0.2, 0.25) is 0 Å². The topological polar surface area (TPSA) is 62.2 Å². The van der Waals surface area contributed by atoms with Crippen LogP contribution in [-0.2, 0) is 0 Å². The molecule has 0 bridgehead atoms. The number of carboxylic acid groups (broad SMARTS) is 1. The number of nitrogens with zero attached hydrogens (tertiary/aromatic N) is 1. The van der Waals surface area contributed by atoms with Crippen molar-refractivity contribution >= 4 is 17.3 Å². The molecule has 2 N–H and O–H groups in total.